The lowest BCUT2D eigenvalue weighted by atomic mass is 10.1. The molecule has 144 valence electrons. The molecule has 27 heavy (non-hydrogen) atoms. The fourth-order valence-electron chi connectivity index (χ4n) is 2.05. The van der Waals surface area contributed by atoms with E-state index in [0.29, 0.717) is 14.5 Å². The van der Waals surface area contributed by atoms with Crippen LogP contribution in [0.3, 0.4) is 0 Å². The van der Waals surface area contributed by atoms with Gasteiger partial charge in [-0.2, -0.15) is 13.2 Å². The highest BCUT2D eigenvalue weighted by Crippen LogP contribution is 2.34. The Balaban J connectivity index is 1.97. The summed E-state index contributed by atoms with van der Waals surface area (Å²) in [7, 11) is 0. The van der Waals surface area contributed by atoms with Crippen LogP contribution in [-0.2, 0) is 17.5 Å². The van der Waals surface area contributed by atoms with Gasteiger partial charge in [0, 0.05) is 16.6 Å². The molecule has 2 aromatic carbocycles. The van der Waals surface area contributed by atoms with Crippen LogP contribution >= 0.6 is 44.1 Å². The van der Waals surface area contributed by atoms with E-state index < -0.39 is 23.3 Å². The number of amides is 1. The first-order chi connectivity index (χ1) is 12.6. The SMILES string of the molecule is O=C(Nc1ccccc1C(F)(F)F)C(=S)NNCc1cc(Br)cc(Br)c1O. The number of phenolic OH excluding ortho intramolecular Hbond substituents is 1. The Morgan fingerprint density at radius 3 is 2.52 bits per heavy atom. The van der Waals surface area contributed by atoms with E-state index in [9.17, 15) is 23.1 Å². The number of aromatic hydroxyl groups is 1. The Morgan fingerprint density at radius 2 is 1.85 bits per heavy atom. The van der Waals surface area contributed by atoms with Crippen molar-refractivity contribution < 1.29 is 23.1 Å². The van der Waals surface area contributed by atoms with E-state index in [1.54, 1.807) is 12.1 Å². The third-order valence-corrected chi connectivity index (χ3v) is 4.62. The van der Waals surface area contributed by atoms with Gasteiger partial charge in [0.25, 0.3) is 5.91 Å². The number of halogens is 5. The van der Waals surface area contributed by atoms with Crippen LogP contribution in [0.15, 0.2) is 45.3 Å². The second kappa shape index (κ2) is 9.00. The lowest BCUT2D eigenvalue weighted by molar-refractivity contribution is -0.136. The highest BCUT2D eigenvalue weighted by atomic mass is 79.9. The number of carbonyl (C=O) groups is 1. The molecule has 0 spiro atoms. The van der Waals surface area contributed by atoms with Gasteiger partial charge >= 0.3 is 6.18 Å². The molecule has 0 aliphatic rings. The number of hydrogen-bond acceptors (Lipinski definition) is 4. The van der Waals surface area contributed by atoms with Gasteiger partial charge in [0.2, 0.25) is 0 Å². The fourth-order valence-corrected chi connectivity index (χ4v) is 3.49. The lowest BCUT2D eigenvalue weighted by Gasteiger charge is -2.15. The molecular formula is C16H12Br2F3N3O2S. The zero-order chi connectivity index (χ0) is 20.2. The average molecular weight is 527 g/mol. The number of anilines is 1. The van der Waals surface area contributed by atoms with E-state index in [4.69, 9.17) is 12.2 Å². The van der Waals surface area contributed by atoms with Gasteiger partial charge in [0.1, 0.15) is 5.75 Å². The molecule has 2 rings (SSSR count). The summed E-state index contributed by atoms with van der Waals surface area (Å²) in [6, 6.07) is 7.89. The Kier molecular flexibility index (Phi) is 7.20. The summed E-state index contributed by atoms with van der Waals surface area (Å²) in [5.74, 6) is -0.907. The Labute approximate surface area is 174 Å². The smallest absolute Gasteiger partial charge is 0.418 e. The van der Waals surface area contributed by atoms with Crippen molar-refractivity contribution in [1.29, 1.82) is 0 Å². The topological polar surface area (TPSA) is 73.4 Å². The standard InChI is InChI=1S/C16H12Br2F3N3O2S/c17-9-5-8(13(25)11(18)6-9)7-22-24-15(27)14(26)23-12-4-2-1-3-10(12)16(19,20)21/h1-6,22,25H,7H2,(H,23,26)(H,24,27). The fraction of sp³-hybridized carbons (Fsp3) is 0.125. The summed E-state index contributed by atoms with van der Waals surface area (Å²) in [5, 5.41) is 12.1. The first-order valence-electron chi connectivity index (χ1n) is 7.27. The van der Waals surface area contributed by atoms with Crippen LogP contribution < -0.4 is 16.2 Å². The molecule has 0 fully saturated rings. The summed E-state index contributed by atoms with van der Waals surface area (Å²) in [6.45, 7) is 0.0937. The van der Waals surface area contributed by atoms with Crippen molar-refractivity contribution in [1.82, 2.24) is 10.9 Å². The molecule has 0 atom stereocenters. The molecule has 4 N–H and O–H groups in total. The molecule has 0 aliphatic carbocycles. The Hall–Kier alpha value is -1.69. The first kappa shape index (κ1) is 21.6. The van der Waals surface area contributed by atoms with Gasteiger partial charge in [-0.15, -0.1) is 0 Å². The van der Waals surface area contributed by atoms with Crippen molar-refractivity contribution in [2.75, 3.05) is 5.32 Å². The van der Waals surface area contributed by atoms with Gasteiger partial charge in [0.05, 0.1) is 15.7 Å². The Bertz CT molecular complexity index is 878. The third kappa shape index (κ3) is 5.89. The third-order valence-electron chi connectivity index (χ3n) is 3.27. The number of carbonyl (C=O) groups excluding carboxylic acids is 1. The molecule has 0 aliphatic heterocycles. The van der Waals surface area contributed by atoms with Crippen molar-refractivity contribution in [2.45, 2.75) is 12.7 Å². The van der Waals surface area contributed by atoms with Crippen LogP contribution in [-0.4, -0.2) is 16.0 Å². The molecule has 1 amide bonds. The predicted molar refractivity (Wildman–Crippen MR) is 106 cm³/mol. The van der Waals surface area contributed by atoms with Gasteiger partial charge in [-0.05, 0) is 40.2 Å². The number of phenols is 1. The van der Waals surface area contributed by atoms with Crippen LogP contribution in [0.1, 0.15) is 11.1 Å². The van der Waals surface area contributed by atoms with Crippen LogP contribution in [0.2, 0.25) is 0 Å². The van der Waals surface area contributed by atoms with Crippen LogP contribution in [0.5, 0.6) is 5.75 Å². The van der Waals surface area contributed by atoms with Crippen molar-refractivity contribution in [3.63, 3.8) is 0 Å². The van der Waals surface area contributed by atoms with E-state index in [0.717, 1.165) is 12.1 Å². The molecule has 0 aromatic heterocycles. The maximum atomic E-state index is 12.9. The maximum absolute atomic E-state index is 12.9. The van der Waals surface area contributed by atoms with Gasteiger partial charge in [0.15, 0.2) is 4.99 Å². The molecule has 2 aromatic rings. The lowest BCUT2D eigenvalue weighted by Crippen LogP contribution is -2.42. The average Bonchev–Trinajstić information content (AvgIpc) is 2.58. The molecule has 11 heteroatoms. The summed E-state index contributed by atoms with van der Waals surface area (Å²) in [5.41, 5.74) is 4.18. The number of para-hydroxylation sites is 1. The molecule has 0 radical (unpaired) electrons. The monoisotopic (exact) mass is 525 g/mol. The van der Waals surface area contributed by atoms with Crippen molar-refractivity contribution in [3.8, 4) is 5.75 Å². The van der Waals surface area contributed by atoms with Gasteiger partial charge in [-0.1, -0.05) is 40.3 Å². The van der Waals surface area contributed by atoms with E-state index in [-0.39, 0.29) is 17.3 Å². The number of benzene rings is 2. The van der Waals surface area contributed by atoms with Crippen LogP contribution in [0, 0.1) is 0 Å². The number of thiocarbonyl (C=S) groups is 1. The molecular weight excluding hydrogens is 515 g/mol. The molecule has 0 saturated carbocycles. The second-order valence-electron chi connectivity index (χ2n) is 5.20. The van der Waals surface area contributed by atoms with Crippen LogP contribution in [0.25, 0.3) is 0 Å². The molecule has 0 saturated heterocycles. The predicted octanol–water partition coefficient (Wildman–Crippen LogP) is 4.50. The van der Waals surface area contributed by atoms with Crippen molar-refractivity contribution in [2.24, 2.45) is 0 Å². The van der Waals surface area contributed by atoms with Crippen molar-refractivity contribution in [3.05, 3.63) is 56.5 Å². The second-order valence-corrected chi connectivity index (χ2v) is 7.38. The molecule has 0 heterocycles. The highest BCUT2D eigenvalue weighted by Gasteiger charge is 2.33. The zero-order valence-corrected chi connectivity index (χ0v) is 17.3. The number of alkyl halides is 3. The zero-order valence-electron chi connectivity index (χ0n) is 13.3. The summed E-state index contributed by atoms with van der Waals surface area (Å²) in [6.07, 6.45) is -4.61. The van der Waals surface area contributed by atoms with E-state index in [1.807, 2.05) is 0 Å². The van der Waals surface area contributed by atoms with Gasteiger partial charge < -0.3 is 15.8 Å². The summed E-state index contributed by atoms with van der Waals surface area (Å²) >= 11 is 11.3. The highest BCUT2D eigenvalue weighted by molar-refractivity contribution is 9.11. The summed E-state index contributed by atoms with van der Waals surface area (Å²) < 4.78 is 40.0. The molecule has 0 unspecified atom stereocenters. The Morgan fingerprint density at radius 1 is 1.19 bits per heavy atom. The quantitative estimate of drug-likeness (QED) is 0.349. The molecule has 5 nitrogen and oxygen atoms in total. The summed E-state index contributed by atoms with van der Waals surface area (Å²) in [4.78, 5) is 11.7. The van der Waals surface area contributed by atoms with E-state index in [2.05, 4.69) is 48.0 Å². The largest absolute Gasteiger partial charge is 0.506 e. The number of hydrogen-bond donors (Lipinski definition) is 4. The van der Waals surface area contributed by atoms with E-state index >= 15 is 0 Å². The van der Waals surface area contributed by atoms with Gasteiger partial charge in [-0.3, -0.25) is 4.79 Å². The molecule has 0 bridgehead atoms. The minimum absolute atomic E-state index is 0.00183. The number of nitrogens with one attached hydrogen (secondary N) is 3. The van der Waals surface area contributed by atoms with Crippen molar-refractivity contribution >= 4 is 60.7 Å². The van der Waals surface area contributed by atoms with Crippen LogP contribution in [0.4, 0.5) is 18.9 Å². The maximum Gasteiger partial charge on any atom is 0.418 e. The number of hydrazine groups is 1. The van der Waals surface area contributed by atoms with E-state index in [1.165, 1.54) is 12.1 Å². The minimum atomic E-state index is -4.61. The normalized spacial score (nSPS) is 11.1. The minimum Gasteiger partial charge on any atom is -0.506 e. The van der Waals surface area contributed by atoms with Gasteiger partial charge in [-0.25, -0.2) is 5.43 Å². The first-order valence-corrected chi connectivity index (χ1v) is 9.26. The number of rotatable bonds is 4.